The maximum Gasteiger partial charge on any atom is 0.411 e. The number of urea groups is 1. The Hall–Kier alpha value is -4.50. The van der Waals surface area contributed by atoms with Crippen LogP contribution in [0, 0.1) is 0 Å². The lowest BCUT2D eigenvalue weighted by atomic mass is 10.0. The average Bonchev–Trinajstić information content (AvgIpc) is 3.53. The summed E-state index contributed by atoms with van der Waals surface area (Å²) in [5, 5.41) is 14.3. The molecular formula is C35H50N8O9P2S. The van der Waals surface area contributed by atoms with Gasteiger partial charge in [0.15, 0.2) is 5.78 Å². The van der Waals surface area contributed by atoms with Crippen LogP contribution in [0.1, 0.15) is 65.5 Å². The number of ketones is 1. The topological polar surface area (TPSA) is 234 Å². The minimum Gasteiger partial charge on any atom is -0.444 e. The second-order valence-electron chi connectivity index (χ2n) is 13.7. The van der Waals surface area contributed by atoms with Gasteiger partial charge in [-0.25, -0.2) is 28.2 Å². The van der Waals surface area contributed by atoms with Crippen molar-refractivity contribution in [2.45, 2.75) is 94.1 Å². The molecule has 0 spiro atoms. The SMILES string of the molecule is CCC[C@H](NC(=O)C1C[C@@H](NS(=O)(=O)c2ccccc2)CN1C(=O)OC(C)(C)C)C(=NNC(=O)NC(P)P)C(=O)NCC(=O)N[C@H](C(C)=O)c1ccccc1. The third-order valence-electron chi connectivity index (χ3n) is 7.89. The molecule has 3 unspecified atom stereocenters. The van der Waals surface area contributed by atoms with Crippen molar-refractivity contribution in [3.8, 4) is 0 Å². The van der Waals surface area contributed by atoms with E-state index >= 15 is 0 Å². The number of amides is 6. The van der Waals surface area contributed by atoms with Crippen LogP contribution >= 0.6 is 18.5 Å². The first-order valence-corrected chi connectivity index (χ1v) is 20.3. The van der Waals surface area contributed by atoms with Crippen LogP contribution in [0.4, 0.5) is 9.59 Å². The van der Waals surface area contributed by atoms with Crippen LogP contribution in [-0.4, -0.2) is 97.0 Å². The Morgan fingerprint density at radius 2 is 1.56 bits per heavy atom. The number of nitrogens with one attached hydrogen (secondary N) is 6. The summed E-state index contributed by atoms with van der Waals surface area (Å²) < 4.78 is 34.5. The molecule has 1 aliphatic rings. The van der Waals surface area contributed by atoms with Gasteiger partial charge in [-0.15, -0.1) is 18.5 Å². The third kappa shape index (κ3) is 14.3. The van der Waals surface area contributed by atoms with Crippen LogP contribution in [0.5, 0.6) is 0 Å². The Morgan fingerprint density at radius 3 is 2.13 bits per heavy atom. The Balaban J connectivity index is 1.88. The quantitative estimate of drug-likeness (QED) is 0.0824. The smallest absolute Gasteiger partial charge is 0.411 e. The number of carbonyl (C=O) groups excluding carboxylic acids is 6. The number of nitrogens with zero attached hydrogens (tertiary/aromatic N) is 2. The van der Waals surface area contributed by atoms with Crippen LogP contribution < -0.4 is 31.4 Å². The summed E-state index contributed by atoms with van der Waals surface area (Å²) in [6.45, 7) is 7.23. The summed E-state index contributed by atoms with van der Waals surface area (Å²) >= 11 is 0. The van der Waals surface area contributed by atoms with Crippen molar-refractivity contribution in [3.05, 3.63) is 66.2 Å². The summed E-state index contributed by atoms with van der Waals surface area (Å²) in [5.41, 5.74) is 0.997. The molecule has 6 amide bonds. The normalized spacial score (nSPS) is 17.1. The fourth-order valence-corrected chi connectivity index (χ4v) is 7.09. The molecule has 2 aromatic rings. The largest absolute Gasteiger partial charge is 0.444 e. The summed E-state index contributed by atoms with van der Waals surface area (Å²) in [5.74, 6) is -2.71. The van der Waals surface area contributed by atoms with Crippen molar-refractivity contribution in [1.29, 1.82) is 0 Å². The first-order valence-electron chi connectivity index (χ1n) is 17.5. The highest BCUT2D eigenvalue weighted by Crippen LogP contribution is 2.24. The number of benzene rings is 2. The van der Waals surface area contributed by atoms with E-state index in [1.54, 1.807) is 76.2 Å². The standard InChI is InChI=1S/C35H50N8O9P2S/c1-6-13-25(29(40-41-32(48)39-33(53)54)31(47)36-19-27(45)38-28(21(2)44)22-14-9-7-10-15-22)37-30(46)26-18-23(20-43(26)34(49)52-35(3,4)5)42-55(50,51)24-16-11-8-12-17-24/h7-12,14-17,23,25-26,28,33,42H,6,13,18-20,53-54H2,1-5H3,(H,36,47)(H,37,46)(H,38,45)(H2,39,41,48)/t23-,25+,26?,28-/m1/s1. The van der Waals surface area contributed by atoms with E-state index in [4.69, 9.17) is 4.74 Å². The summed E-state index contributed by atoms with van der Waals surface area (Å²) in [7, 11) is 0.626. The Kier molecular flexibility index (Phi) is 16.7. The van der Waals surface area contributed by atoms with E-state index in [9.17, 15) is 37.2 Å². The van der Waals surface area contributed by atoms with Crippen molar-refractivity contribution >= 4 is 69.8 Å². The molecule has 3 rings (SSSR count). The van der Waals surface area contributed by atoms with Crippen LogP contribution in [0.2, 0.25) is 0 Å². The van der Waals surface area contributed by atoms with Gasteiger partial charge in [-0.3, -0.25) is 24.1 Å². The van der Waals surface area contributed by atoms with Crippen molar-refractivity contribution in [1.82, 2.24) is 36.3 Å². The van der Waals surface area contributed by atoms with Crippen LogP contribution in [0.25, 0.3) is 0 Å². The van der Waals surface area contributed by atoms with Crippen molar-refractivity contribution in [2.24, 2.45) is 5.10 Å². The molecule has 1 heterocycles. The first kappa shape index (κ1) is 44.9. The maximum absolute atomic E-state index is 14.1. The van der Waals surface area contributed by atoms with Gasteiger partial charge >= 0.3 is 12.1 Å². The minimum absolute atomic E-state index is 0.00153. The number of ether oxygens (including phenoxy) is 1. The molecule has 20 heteroatoms. The second-order valence-corrected chi connectivity index (χ2v) is 17.6. The number of rotatable bonds is 16. The number of likely N-dealkylation sites (tertiary alicyclic amines) is 1. The zero-order chi connectivity index (χ0) is 40.9. The zero-order valence-corrected chi connectivity index (χ0v) is 34.5. The van der Waals surface area contributed by atoms with E-state index in [1.165, 1.54) is 19.1 Å². The molecular weight excluding hydrogens is 770 g/mol. The second kappa shape index (κ2) is 20.4. The summed E-state index contributed by atoms with van der Waals surface area (Å²) in [6, 6.07) is 11.1. The highest BCUT2D eigenvalue weighted by Gasteiger charge is 2.44. The number of hydrogen-bond donors (Lipinski definition) is 6. The van der Waals surface area contributed by atoms with Crippen molar-refractivity contribution in [3.63, 3.8) is 0 Å². The average molecular weight is 821 g/mol. The molecule has 0 bridgehead atoms. The van der Waals surface area contributed by atoms with Crippen LogP contribution in [-0.2, 0) is 33.9 Å². The third-order valence-corrected chi connectivity index (χ3v) is 9.76. The molecule has 0 saturated carbocycles. The highest BCUT2D eigenvalue weighted by molar-refractivity contribution is 7.89. The van der Waals surface area contributed by atoms with Gasteiger partial charge in [0.1, 0.15) is 23.4 Å². The van der Waals surface area contributed by atoms with Crippen LogP contribution in [0.3, 0.4) is 0 Å². The molecule has 0 radical (unpaired) electrons. The molecule has 17 nitrogen and oxygen atoms in total. The first-order chi connectivity index (χ1) is 25.8. The van der Waals surface area contributed by atoms with E-state index in [0.717, 1.165) is 4.90 Å². The summed E-state index contributed by atoms with van der Waals surface area (Å²) in [6.07, 6.45) is -0.480. The number of hydrazone groups is 1. The molecule has 2 aromatic carbocycles. The van der Waals surface area contributed by atoms with Crippen LogP contribution in [0.15, 0.2) is 70.7 Å². The van der Waals surface area contributed by atoms with Crippen molar-refractivity contribution < 1.29 is 41.9 Å². The number of Topliss-reactive ketones (excluding diaryl/α,β-unsaturated/α-hetero) is 1. The minimum atomic E-state index is -4.03. The molecule has 0 aliphatic carbocycles. The van der Waals surface area contributed by atoms with Gasteiger partial charge in [0, 0.05) is 12.6 Å². The Labute approximate surface area is 325 Å². The molecule has 55 heavy (non-hydrogen) atoms. The van der Waals surface area contributed by atoms with Gasteiger partial charge in [0.2, 0.25) is 21.8 Å². The molecule has 0 aromatic heterocycles. The van der Waals surface area contributed by atoms with E-state index in [0.29, 0.717) is 12.0 Å². The molecule has 6 atom stereocenters. The highest BCUT2D eigenvalue weighted by atomic mass is 32.2. The zero-order valence-electron chi connectivity index (χ0n) is 31.3. The predicted octanol–water partition coefficient (Wildman–Crippen LogP) is 1.88. The molecule has 1 fully saturated rings. The maximum atomic E-state index is 14.1. The van der Waals surface area contributed by atoms with E-state index < -0.39 is 81.7 Å². The van der Waals surface area contributed by atoms with Gasteiger partial charge in [0.25, 0.3) is 5.91 Å². The van der Waals surface area contributed by atoms with Gasteiger partial charge in [-0.2, -0.15) is 5.10 Å². The van der Waals surface area contributed by atoms with Crippen molar-refractivity contribution in [2.75, 3.05) is 13.1 Å². The molecule has 1 saturated heterocycles. The number of hydrogen-bond acceptors (Lipinski definition) is 10. The number of sulfonamides is 1. The number of carbonyl (C=O) groups is 6. The lowest BCUT2D eigenvalue weighted by molar-refractivity contribution is -0.127. The van der Waals surface area contributed by atoms with Gasteiger partial charge < -0.3 is 26.0 Å². The fraction of sp³-hybridized carbons (Fsp3) is 0.457. The molecule has 6 N–H and O–H groups in total. The molecule has 300 valence electrons. The molecule has 1 aliphatic heterocycles. The van der Waals surface area contributed by atoms with E-state index in [2.05, 4.69) is 55.0 Å². The van der Waals surface area contributed by atoms with E-state index in [1.807, 2.05) is 0 Å². The van der Waals surface area contributed by atoms with E-state index in [-0.39, 0.29) is 35.8 Å². The predicted molar refractivity (Wildman–Crippen MR) is 212 cm³/mol. The fourth-order valence-electron chi connectivity index (χ4n) is 5.52. The van der Waals surface area contributed by atoms with Gasteiger partial charge in [0.05, 0.1) is 23.0 Å². The lowest BCUT2D eigenvalue weighted by Crippen LogP contribution is -2.55. The van der Waals surface area contributed by atoms with Gasteiger partial charge in [-0.05, 0) is 58.2 Å². The Morgan fingerprint density at radius 1 is 0.945 bits per heavy atom. The Bertz CT molecular complexity index is 1830. The van der Waals surface area contributed by atoms with Gasteiger partial charge in [-0.1, -0.05) is 61.9 Å². The summed E-state index contributed by atoms with van der Waals surface area (Å²) in [4.78, 5) is 80.0. The lowest BCUT2D eigenvalue weighted by Gasteiger charge is -2.29. The monoisotopic (exact) mass is 820 g/mol.